The van der Waals surface area contributed by atoms with Gasteiger partial charge < -0.3 is 19.5 Å². The summed E-state index contributed by atoms with van der Waals surface area (Å²) in [5.41, 5.74) is 7.17. The summed E-state index contributed by atoms with van der Waals surface area (Å²) in [6.07, 6.45) is 2.27. The van der Waals surface area contributed by atoms with E-state index in [2.05, 4.69) is 41.1 Å². The molecule has 5 rings (SSSR count). The van der Waals surface area contributed by atoms with Crippen LogP contribution < -0.4 is 0 Å². The van der Waals surface area contributed by atoms with Gasteiger partial charge in [0.1, 0.15) is 0 Å². The van der Waals surface area contributed by atoms with E-state index in [1.165, 1.54) is 16.7 Å². The number of hydrogen-bond acceptors (Lipinski definition) is 4. The van der Waals surface area contributed by atoms with Crippen LogP contribution in [-0.2, 0) is 26.6 Å². The van der Waals surface area contributed by atoms with Crippen molar-refractivity contribution in [2.75, 3.05) is 32.7 Å². The summed E-state index contributed by atoms with van der Waals surface area (Å²) in [4.78, 5) is 23.2. The lowest BCUT2D eigenvalue weighted by Crippen LogP contribution is -2.43. The minimum absolute atomic E-state index is 0.00812. The van der Waals surface area contributed by atoms with Gasteiger partial charge in [0, 0.05) is 52.9 Å². The van der Waals surface area contributed by atoms with Crippen molar-refractivity contribution in [2.24, 2.45) is 7.05 Å². The molecule has 0 bridgehead atoms. The number of aliphatic hydroxyl groups is 1. The molecule has 32 heavy (non-hydrogen) atoms. The molecule has 1 unspecified atom stereocenters. The predicted molar refractivity (Wildman–Crippen MR) is 124 cm³/mol. The van der Waals surface area contributed by atoms with Crippen molar-refractivity contribution in [3.05, 3.63) is 65.0 Å². The second-order valence-corrected chi connectivity index (χ2v) is 9.24. The highest BCUT2D eigenvalue weighted by Gasteiger charge is 2.30. The molecule has 168 valence electrons. The van der Waals surface area contributed by atoms with Gasteiger partial charge in [0.15, 0.2) is 0 Å². The highest BCUT2D eigenvalue weighted by atomic mass is 16.3. The van der Waals surface area contributed by atoms with Crippen molar-refractivity contribution in [1.29, 1.82) is 0 Å². The van der Waals surface area contributed by atoms with E-state index in [9.17, 15) is 9.90 Å². The van der Waals surface area contributed by atoms with Crippen LogP contribution in [0, 0.1) is 6.92 Å². The van der Waals surface area contributed by atoms with E-state index in [4.69, 9.17) is 0 Å². The number of aliphatic hydroxyl groups excluding tert-OH is 1. The highest BCUT2D eigenvalue weighted by molar-refractivity contribution is 5.78. The van der Waals surface area contributed by atoms with Gasteiger partial charge in [-0.05, 0) is 42.2 Å². The molecule has 1 fully saturated rings. The van der Waals surface area contributed by atoms with Gasteiger partial charge >= 0.3 is 6.03 Å². The average Bonchev–Trinajstić information content (AvgIpc) is 3.31. The summed E-state index contributed by atoms with van der Waals surface area (Å²) >= 11 is 0. The van der Waals surface area contributed by atoms with Crippen LogP contribution in [0.5, 0.6) is 0 Å². The van der Waals surface area contributed by atoms with Crippen LogP contribution in [0.1, 0.15) is 22.3 Å². The largest absolute Gasteiger partial charge is 0.390 e. The van der Waals surface area contributed by atoms with E-state index in [-0.39, 0.29) is 6.03 Å². The fourth-order valence-electron chi connectivity index (χ4n) is 4.95. The van der Waals surface area contributed by atoms with E-state index in [0.29, 0.717) is 32.7 Å². The molecule has 0 spiro atoms. The standard InChI is InChI=1S/C25H31N5O2/c1-18-3-5-20-7-8-28(14-21(20)11-18)15-22(31)16-30-10-9-29(25(30)32)13-19-4-6-23-24(12-19)27(2)17-26-23/h3-6,11-12,17,22,31H,7-10,13-16H2,1-2H3. The van der Waals surface area contributed by atoms with Gasteiger partial charge in [0.25, 0.3) is 0 Å². The zero-order chi connectivity index (χ0) is 22.2. The molecule has 0 saturated carbocycles. The fraction of sp³-hybridized carbons (Fsp3) is 0.440. The highest BCUT2D eigenvalue weighted by Crippen LogP contribution is 2.21. The molecule has 0 radical (unpaired) electrons. The number of imidazole rings is 1. The molecule has 1 N–H and O–H groups in total. The second-order valence-electron chi connectivity index (χ2n) is 9.24. The SMILES string of the molecule is Cc1ccc2c(c1)CN(CC(O)CN1CCN(Cc3ccc4ncn(C)c4c3)C1=O)CC2. The van der Waals surface area contributed by atoms with Crippen LogP contribution in [0.2, 0.25) is 0 Å². The smallest absolute Gasteiger partial charge is 0.320 e. The van der Waals surface area contributed by atoms with Crippen LogP contribution in [-0.4, -0.2) is 74.2 Å². The average molecular weight is 434 g/mol. The first-order valence-corrected chi connectivity index (χ1v) is 11.4. The van der Waals surface area contributed by atoms with Crippen molar-refractivity contribution in [3.63, 3.8) is 0 Å². The Bertz CT molecular complexity index is 1140. The maximum atomic E-state index is 12.9. The van der Waals surface area contributed by atoms with Crippen molar-refractivity contribution in [2.45, 2.75) is 32.5 Å². The third kappa shape index (κ3) is 4.23. The van der Waals surface area contributed by atoms with Crippen LogP contribution in [0.3, 0.4) is 0 Å². The monoisotopic (exact) mass is 433 g/mol. The lowest BCUT2D eigenvalue weighted by atomic mass is 9.97. The number of carbonyl (C=O) groups is 1. The number of aryl methyl sites for hydroxylation is 2. The van der Waals surface area contributed by atoms with Gasteiger partial charge in [-0.2, -0.15) is 0 Å². The Morgan fingerprint density at radius 3 is 2.75 bits per heavy atom. The van der Waals surface area contributed by atoms with E-state index < -0.39 is 6.10 Å². The van der Waals surface area contributed by atoms with Crippen LogP contribution in [0.15, 0.2) is 42.7 Å². The molecule has 3 aromatic rings. The number of β-amino-alcohol motifs (C(OH)–C–C–N with tert-alkyl or cyclic N) is 1. The quantitative estimate of drug-likeness (QED) is 0.649. The Hall–Kier alpha value is -2.90. The molecule has 7 heteroatoms. The lowest BCUT2D eigenvalue weighted by Gasteiger charge is -2.31. The van der Waals surface area contributed by atoms with Gasteiger partial charge in [-0.3, -0.25) is 4.90 Å². The van der Waals surface area contributed by atoms with Gasteiger partial charge in [-0.25, -0.2) is 9.78 Å². The number of urea groups is 1. The molecule has 0 aliphatic carbocycles. The number of nitrogens with zero attached hydrogens (tertiary/aromatic N) is 5. The van der Waals surface area contributed by atoms with E-state index in [0.717, 1.165) is 36.1 Å². The maximum absolute atomic E-state index is 12.9. The molecule has 7 nitrogen and oxygen atoms in total. The molecule has 2 amide bonds. The molecule has 1 atom stereocenters. The van der Waals surface area contributed by atoms with Crippen LogP contribution in [0.4, 0.5) is 4.79 Å². The van der Waals surface area contributed by atoms with Crippen molar-refractivity contribution >= 4 is 17.1 Å². The topological polar surface area (TPSA) is 64.8 Å². The number of carbonyl (C=O) groups excluding carboxylic acids is 1. The number of aromatic nitrogens is 2. The van der Waals surface area contributed by atoms with E-state index in [1.807, 2.05) is 28.6 Å². The molecule has 3 heterocycles. The van der Waals surface area contributed by atoms with Gasteiger partial charge in [-0.1, -0.05) is 29.8 Å². The Labute approximate surface area is 188 Å². The Kier molecular flexibility index (Phi) is 5.61. The minimum atomic E-state index is -0.545. The van der Waals surface area contributed by atoms with E-state index in [1.54, 1.807) is 11.2 Å². The van der Waals surface area contributed by atoms with Crippen molar-refractivity contribution < 1.29 is 9.90 Å². The number of amides is 2. The minimum Gasteiger partial charge on any atom is -0.390 e. The van der Waals surface area contributed by atoms with Crippen molar-refractivity contribution in [1.82, 2.24) is 24.3 Å². The molecular weight excluding hydrogens is 402 g/mol. The first kappa shape index (κ1) is 21.0. The molecule has 1 saturated heterocycles. The first-order chi connectivity index (χ1) is 15.5. The Balaban J connectivity index is 1.16. The Morgan fingerprint density at radius 2 is 1.88 bits per heavy atom. The Morgan fingerprint density at radius 1 is 1.03 bits per heavy atom. The third-order valence-electron chi connectivity index (χ3n) is 6.70. The molecular formula is C25H31N5O2. The summed E-state index contributed by atoms with van der Waals surface area (Å²) in [6.45, 7) is 6.83. The number of hydrogen-bond donors (Lipinski definition) is 1. The summed E-state index contributed by atoms with van der Waals surface area (Å²) in [5, 5.41) is 10.7. The van der Waals surface area contributed by atoms with Gasteiger partial charge in [0.05, 0.1) is 23.5 Å². The normalized spacial score (nSPS) is 17.9. The van der Waals surface area contributed by atoms with E-state index >= 15 is 0 Å². The van der Waals surface area contributed by atoms with Gasteiger partial charge in [-0.15, -0.1) is 0 Å². The summed E-state index contributed by atoms with van der Waals surface area (Å²) in [7, 11) is 1.98. The van der Waals surface area contributed by atoms with Gasteiger partial charge in [0.2, 0.25) is 0 Å². The molecule has 1 aromatic heterocycles. The van der Waals surface area contributed by atoms with Crippen molar-refractivity contribution in [3.8, 4) is 0 Å². The molecule has 2 aliphatic heterocycles. The number of rotatable bonds is 6. The lowest BCUT2D eigenvalue weighted by molar-refractivity contribution is 0.0812. The number of benzene rings is 2. The summed E-state index contributed by atoms with van der Waals surface area (Å²) in [5.74, 6) is 0. The predicted octanol–water partition coefficient (Wildman–Crippen LogP) is 2.54. The van der Waals surface area contributed by atoms with Crippen LogP contribution >= 0.6 is 0 Å². The fourth-order valence-corrected chi connectivity index (χ4v) is 4.95. The second kappa shape index (κ2) is 8.56. The molecule has 2 aliphatic rings. The molecule has 2 aromatic carbocycles. The maximum Gasteiger partial charge on any atom is 0.320 e. The number of fused-ring (bicyclic) bond motifs is 2. The summed E-state index contributed by atoms with van der Waals surface area (Å²) in [6, 6.07) is 12.8. The zero-order valence-corrected chi connectivity index (χ0v) is 18.9. The van der Waals surface area contributed by atoms with Crippen LogP contribution in [0.25, 0.3) is 11.0 Å². The first-order valence-electron chi connectivity index (χ1n) is 11.4. The zero-order valence-electron chi connectivity index (χ0n) is 18.9. The summed E-state index contributed by atoms with van der Waals surface area (Å²) < 4.78 is 1.99. The third-order valence-corrected chi connectivity index (χ3v) is 6.70.